The maximum atomic E-state index is 5.83. The zero-order valence-electron chi connectivity index (χ0n) is 7.72. The molecule has 0 saturated heterocycles. The van der Waals surface area contributed by atoms with Crippen molar-refractivity contribution in [3.05, 3.63) is 40.4 Å². The molecule has 0 spiro atoms. The smallest absolute Gasteiger partial charge is 0.0491 e. The molecule has 0 nitrogen and oxygen atoms in total. The highest BCUT2D eigenvalue weighted by atomic mass is 35.5. The number of benzene rings is 1. The molecule has 0 N–H and O–H groups in total. The second kappa shape index (κ2) is 4.69. The zero-order chi connectivity index (χ0) is 9.84. The van der Waals surface area contributed by atoms with E-state index in [1.807, 2.05) is 44.2 Å². The van der Waals surface area contributed by atoms with Gasteiger partial charge in [0.1, 0.15) is 0 Å². The van der Waals surface area contributed by atoms with Gasteiger partial charge in [0.15, 0.2) is 0 Å². The Morgan fingerprint density at radius 1 is 1.38 bits per heavy atom. The van der Waals surface area contributed by atoms with Crippen molar-refractivity contribution in [1.29, 1.82) is 0 Å². The quantitative estimate of drug-likeness (QED) is 0.645. The summed E-state index contributed by atoms with van der Waals surface area (Å²) >= 11 is 11.6. The number of halogens is 2. The molecule has 0 amide bonds. The van der Waals surface area contributed by atoms with Crippen LogP contribution in [-0.2, 0) is 0 Å². The van der Waals surface area contributed by atoms with Gasteiger partial charge in [-0.25, -0.2) is 0 Å². The van der Waals surface area contributed by atoms with Crippen LogP contribution in [-0.4, -0.2) is 5.38 Å². The molecule has 0 radical (unpaired) electrons. The third kappa shape index (κ3) is 3.41. The third-order valence-corrected chi connectivity index (χ3v) is 2.15. The first-order chi connectivity index (χ1) is 6.09. The summed E-state index contributed by atoms with van der Waals surface area (Å²) in [4.78, 5) is 0. The van der Waals surface area contributed by atoms with Gasteiger partial charge >= 0.3 is 0 Å². The monoisotopic (exact) mass is 214 g/mol. The van der Waals surface area contributed by atoms with Crippen molar-refractivity contribution in [2.24, 2.45) is 0 Å². The van der Waals surface area contributed by atoms with Crippen LogP contribution in [0.25, 0.3) is 6.08 Å². The lowest BCUT2D eigenvalue weighted by molar-refractivity contribution is 1.24. The minimum atomic E-state index is 0.0649. The van der Waals surface area contributed by atoms with Crippen LogP contribution in [0.4, 0.5) is 0 Å². The number of hydrogen-bond acceptors (Lipinski definition) is 0. The van der Waals surface area contributed by atoms with E-state index in [0.29, 0.717) is 0 Å². The van der Waals surface area contributed by atoms with Crippen molar-refractivity contribution in [3.63, 3.8) is 0 Å². The van der Waals surface area contributed by atoms with Gasteiger partial charge in [-0.05, 0) is 37.1 Å². The molecule has 0 heterocycles. The third-order valence-electron chi connectivity index (χ3n) is 1.77. The molecule has 0 aliphatic rings. The first-order valence-corrected chi connectivity index (χ1v) is 4.99. The Morgan fingerprint density at radius 3 is 2.62 bits per heavy atom. The van der Waals surface area contributed by atoms with Gasteiger partial charge in [0, 0.05) is 10.4 Å². The van der Waals surface area contributed by atoms with E-state index in [0.717, 1.165) is 10.6 Å². The van der Waals surface area contributed by atoms with Crippen molar-refractivity contribution in [2.75, 3.05) is 0 Å². The second-order valence-electron chi connectivity index (χ2n) is 3.04. The highest BCUT2D eigenvalue weighted by Gasteiger charge is 1.95. The van der Waals surface area contributed by atoms with Crippen LogP contribution in [0.1, 0.15) is 18.1 Å². The molecular formula is C11H12Cl2. The minimum Gasteiger partial charge on any atom is -0.119 e. The standard InChI is InChI=1S/C11H12Cl2/c1-8-7-11(13)6-5-10(8)4-3-9(2)12/h3-7,9H,1-2H3/b4-3+. The van der Waals surface area contributed by atoms with E-state index >= 15 is 0 Å². The number of aryl methyl sites for hydroxylation is 1. The molecule has 1 atom stereocenters. The molecule has 0 fully saturated rings. The van der Waals surface area contributed by atoms with Crippen molar-refractivity contribution in [1.82, 2.24) is 0 Å². The normalized spacial score (nSPS) is 13.5. The largest absolute Gasteiger partial charge is 0.119 e. The zero-order valence-corrected chi connectivity index (χ0v) is 9.23. The number of rotatable bonds is 2. The van der Waals surface area contributed by atoms with Crippen LogP contribution in [0.5, 0.6) is 0 Å². The Morgan fingerprint density at radius 2 is 2.08 bits per heavy atom. The van der Waals surface area contributed by atoms with E-state index in [9.17, 15) is 0 Å². The summed E-state index contributed by atoms with van der Waals surface area (Å²) in [5, 5.41) is 0.837. The summed E-state index contributed by atoms with van der Waals surface area (Å²) in [5.74, 6) is 0. The Hall–Kier alpha value is -0.460. The van der Waals surface area contributed by atoms with E-state index in [-0.39, 0.29) is 5.38 Å². The van der Waals surface area contributed by atoms with Gasteiger partial charge < -0.3 is 0 Å². The number of hydrogen-bond donors (Lipinski definition) is 0. The molecule has 0 aliphatic heterocycles. The first kappa shape index (κ1) is 10.6. The van der Waals surface area contributed by atoms with Crippen molar-refractivity contribution < 1.29 is 0 Å². The van der Waals surface area contributed by atoms with Gasteiger partial charge in [0.2, 0.25) is 0 Å². The van der Waals surface area contributed by atoms with Crippen LogP contribution in [0.15, 0.2) is 24.3 Å². The van der Waals surface area contributed by atoms with Gasteiger partial charge in [-0.1, -0.05) is 29.8 Å². The Labute approximate surface area is 89.2 Å². The van der Waals surface area contributed by atoms with E-state index in [2.05, 4.69) is 0 Å². The fourth-order valence-electron chi connectivity index (χ4n) is 1.06. The van der Waals surface area contributed by atoms with E-state index in [1.54, 1.807) is 0 Å². The lowest BCUT2D eigenvalue weighted by atomic mass is 10.1. The summed E-state index contributed by atoms with van der Waals surface area (Å²) in [7, 11) is 0. The topological polar surface area (TPSA) is 0 Å². The Kier molecular flexibility index (Phi) is 3.83. The Balaban J connectivity index is 2.90. The summed E-state index contributed by atoms with van der Waals surface area (Å²) in [5.41, 5.74) is 2.33. The second-order valence-corrected chi connectivity index (χ2v) is 4.16. The minimum absolute atomic E-state index is 0.0649. The summed E-state index contributed by atoms with van der Waals surface area (Å²) in [6.07, 6.45) is 3.97. The van der Waals surface area contributed by atoms with Crippen LogP contribution in [0.3, 0.4) is 0 Å². The predicted molar refractivity (Wildman–Crippen MR) is 60.5 cm³/mol. The number of allylic oxidation sites excluding steroid dienone is 1. The molecule has 70 valence electrons. The highest BCUT2D eigenvalue weighted by Crippen LogP contribution is 2.16. The highest BCUT2D eigenvalue weighted by molar-refractivity contribution is 6.30. The Bertz CT molecular complexity index is 314. The average Bonchev–Trinajstić information content (AvgIpc) is 2.02. The van der Waals surface area contributed by atoms with E-state index < -0.39 is 0 Å². The fraction of sp³-hybridized carbons (Fsp3) is 0.273. The maximum absolute atomic E-state index is 5.83. The van der Waals surface area contributed by atoms with Gasteiger partial charge in [0.05, 0.1) is 0 Å². The number of alkyl halides is 1. The van der Waals surface area contributed by atoms with Crippen molar-refractivity contribution in [3.8, 4) is 0 Å². The molecule has 1 aromatic rings. The summed E-state index contributed by atoms with van der Waals surface area (Å²) in [6, 6.07) is 5.82. The predicted octanol–water partition coefficient (Wildman–Crippen LogP) is 4.29. The molecular weight excluding hydrogens is 203 g/mol. The van der Waals surface area contributed by atoms with Gasteiger partial charge in [0.25, 0.3) is 0 Å². The van der Waals surface area contributed by atoms with Crippen LogP contribution < -0.4 is 0 Å². The van der Waals surface area contributed by atoms with Crippen LogP contribution >= 0.6 is 23.2 Å². The maximum Gasteiger partial charge on any atom is 0.0491 e. The van der Waals surface area contributed by atoms with Gasteiger partial charge in [-0.2, -0.15) is 0 Å². The average molecular weight is 215 g/mol. The molecule has 1 aromatic carbocycles. The molecule has 0 aromatic heterocycles. The lowest BCUT2D eigenvalue weighted by Crippen LogP contribution is -1.83. The lowest BCUT2D eigenvalue weighted by Gasteiger charge is -2.00. The van der Waals surface area contributed by atoms with Crippen molar-refractivity contribution >= 4 is 29.3 Å². The molecule has 1 rings (SSSR count). The SMILES string of the molecule is Cc1cc(Cl)ccc1/C=C/C(C)Cl. The van der Waals surface area contributed by atoms with Crippen LogP contribution in [0, 0.1) is 6.92 Å². The van der Waals surface area contributed by atoms with Crippen molar-refractivity contribution in [2.45, 2.75) is 19.2 Å². The van der Waals surface area contributed by atoms with E-state index in [4.69, 9.17) is 23.2 Å². The van der Waals surface area contributed by atoms with Crippen LogP contribution in [0.2, 0.25) is 5.02 Å². The van der Waals surface area contributed by atoms with Gasteiger partial charge in [-0.3, -0.25) is 0 Å². The molecule has 1 unspecified atom stereocenters. The molecule has 2 heteroatoms. The summed E-state index contributed by atoms with van der Waals surface area (Å²) < 4.78 is 0. The first-order valence-electron chi connectivity index (χ1n) is 4.18. The fourth-order valence-corrected chi connectivity index (χ4v) is 1.36. The van der Waals surface area contributed by atoms with E-state index in [1.165, 1.54) is 5.56 Å². The van der Waals surface area contributed by atoms with Gasteiger partial charge in [-0.15, -0.1) is 11.6 Å². The molecule has 13 heavy (non-hydrogen) atoms. The molecule has 0 bridgehead atoms. The summed E-state index contributed by atoms with van der Waals surface area (Å²) in [6.45, 7) is 3.97. The molecule has 0 aliphatic carbocycles. The molecule has 0 saturated carbocycles.